The Hall–Kier alpha value is -1.24. The van der Waals surface area contributed by atoms with Crippen molar-refractivity contribution >= 4 is 11.6 Å². The zero-order chi connectivity index (χ0) is 14.9. The van der Waals surface area contributed by atoms with Crippen LogP contribution in [0.4, 0.5) is 0 Å². The van der Waals surface area contributed by atoms with Gasteiger partial charge in [-0.15, -0.1) is 0 Å². The van der Waals surface area contributed by atoms with E-state index < -0.39 is 17.9 Å². The molecule has 1 fully saturated rings. The fraction of sp³-hybridized carbons (Fsp3) is 0.714. The molecule has 0 saturated heterocycles. The molecule has 0 N–H and O–H groups in total. The molecule has 112 valence electrons. The monoisotopic (exact) mass is 284 g/mol. The maximum absolute atomic E-state index is 12.5. The van der Waals surface area contributed by atoms with Gasteiger partial charge in [-0.25, -0.2) is 0 Å². The van der Waals surface area contributed by atoms with Crippen molar-refractivity contribution in [3.8, 4) is 0 Å². The van der Waals surface area contributed by atoms with Gasteiger partial charge >= 0.3 is 0 Å². The molecule has 0 aromatic heterocycles. The minimum atomic E-state index is -0.629. The molecule has 0 aromatic rings. The maximum Gasteiger partial charge on any atom is 0.204 e. The van der Waals surface area contributed by atoms with E-state index in [9.17, 15) is 9.59 Å². The van der Waals surface area contributed by atoms with Crippen LogP contribution < -0.4 is 0 Å². The molecule has 0 radical (unpaired) electrons. The molecule has 20 heavy (non-hydrogen) atoms. The molecule has 6 nitrogen and oxygen atoms in total. The first kappa shape index (κ1) is 15.2. The number of rotatable bonds is 4. The lowest BCUT2D eigenvalue weighted by atomic mass is 9.67. The first-order valence-electron chi connectivity index (χ1n) is 6.51. The predicted octanol–water partition coefficient (Wildman–Crippen LogP) is 0.350. The smallest absolute Gasteiger partial charge is 0.204 e. The second kappa shape index (κ2) is 6.03. The van der Waals surface area contributed by atoms with Crippen LogP contribution in [0.5, 0.6) is 0 Å². The molecule has 0 amide bonds. The lowest BCUT2D eigenvalue weighted by molar-refractivity contribution is -0.170. The van der Waals surface area contributed by atoms with Crippen LogP contribution >= 0.6 is 0 Å². The third-order valence-corrected chi connectivity index (χ3v) is 4.22. The Bertz CT molecular complexity index is 429. The summed E-state index contributed by atoms with van der Waals surface area (Å²) >= 11 is 0. The summed E-state index contributed by atoms with van der Waals surface area (Å²) in [6.07, 6.45) is 0.644. The van der Waals surface area contributed by atoms with Crippen molar-refractivity contribution in [2.75, 3.05) is 28.4 Å². The van der Waals surface area contributed by atoms with Crippen molar-refractivity contribution in [1.82, 2.24) is 0 Å². The molecule has 2 rings (SSSR count). The van der Waals surface area contributed by atoms with Gasteiger partial charge in [-0.05, 0) is 0 Å². The van der Waals surface area contributed by atoms with Crippen LogP contribution in [-0.2, 0) is 28.5 Å². The van der Waals surface area contributed by atoms with Gasteiger partial charge in [0.15, 0.2) is 11.5 Å². The Balaban J connectivity index is 2.44. The Kier molecular flexibility index (Phi) is 4.57. The molecule has 5 unspecified atom stereocenters. The molecule has 6 heteroatoms. The normalized spacial score (nSPS) is 37.4. The predicted molar refractivity (Wildman–Crippen MR) is 69.1 cm³/mol. The Morgan fingerprint density at radius 2 is 1.60 bits per heavy atom. The molecular formula is C14H20O6. The molecule has 5 atom stereocenters. The second-order valence-corrected chi connectivity index (χ2v) is 5.02. The van der Waals surface area contributed by atoms with E-state index in [1.54, 1.807) is 7.11 Å². The van der Waals surface area contributed by atoms with Crippen LogP contribution in [0.15, 0.2) is 11.8 Å². The van der Waals surface area contributed by atoms with Crippen molar-refractivity contribution in [2.45, 2.75) is 24.7 Å². The van der Waals surface area contributed by atoms with Gasteiger partial charge in [0, 0.05) is 33.8 Å². The van der Waals surface area contributed by atoms with Gasteiger partial charge in [-0.2, -0.15) is 0 Å². The third kappa shape index (κ3) is 2.28. The summed E-state index contributed by atoms with van der Waals surface area (Å²) in [6.45, 7) is 0. The SMILES string of the molecule is COC1=CC(=O)C2C(OC)CC(OC)C(OC)C2C1=O. The topological polar surface area (TPSA) is 71.1 Å². The zero-order valence-electron chi connectivity index (χ0n) is 12.1. The van der Waals surface area contributed by atoms with Gasteiger partial charge in [0.1, 0.15) is 0 Å². The summed E-state index contributed by atoms with van der Waals surface area (Å²) in [5, 5.41) is 0. The number of ether oxygens (including phenoxy) is 4. The largest absolute Gasteiger partial charge is 0.493 e. The number of ketones is 2. The number of carbonyl (C=O) groups is 2. The molecule has 1 saturated carbocycles. The Morgan fingerprint density at radius 1 is 0.950 bits per heavy atom. The number of hydrogen-bond donors (Lipinski definition) is 0. The van der Waals surface area contributed by atoms with Crippen molar-refractivity contribution < 1.29 is 28.5 Å². The van der Waals surface area contributed by atoms with Gasteiger partial charge in [-0.1, -0.05) is 0 Å². The quantitative estimate of drug-likeness (QED) is 0.742. The maximum atomic E-state index is 12.5. The average molecular weight is 284 g/mol. The summed E-state index contributed by atoms with van der Waals surface area (Å²) in [6, 6.07) is 0. The number of hydrogen-bond acceptors (Lipinski definition) is 6. The van der Waals surface area contributed by atoms with Gasteiger partial charge in [0.25, 0.3) is 0 Å². The van der Waals surface area contributed by atoms with Crippen LogP contribution in [-0.4, -0.2) is 58.3 Å². The van der Waals surface area contributed by atoms with Crippen molar-refractivity contribution in [3.05, 3.63) is 11.8 Å². The molecular weight excluding hydrogens is 264 g/mol. The number of allylic oxidation sites excluding steroid dienone is 2. The van der Waals surface area contributed by atoms with E-state index in [0.29, 0.717) is 6.42 Å². The molecule has 0 spiro atoms. The Morgan fingerprint density at radius 3 is 2.10 bits per heavy atom. The second-order valence-electron chi connectivity index (χ2n) is 5.02. The summed E-state index contributed by atoms with van der Waals surface area (Å²) in [7, 11) is 5.99. The highest BCUT2D eigenvalue weighted by Gasteiger charge is 2.54. The fourth-order valence-corrected chi connectivity index (χ4v) is 3.24. The van der Waals surface area contributed by atoms with Crippen LogP contribution in [0, 0.1) is 11.8 Å². The third-order valence-electron chi connectivity index (χ3n) is 4.22. The van der Waals surface area contributed by atoms with Gasteiger partial charge < -0.3 is 18.9 Å². The van der Waals surface area contributed by atoms with Crippen molar-refractivity contribution in [2.24, 2.45) is 11.8 Å². The molecule has 0 aromatic carbocycles. The van der Waals surface area contributed by atoms with E-state index in [4.69, 9.17) is 18.9 Å². The van der Waals surface area contributed by atoms with E-state index in [2.05, 4.69) is 0 Å². The summed E-state index contributed by atoms with van der Waals surface area (Å²) < 4.78 is 21.2. The van der Waals surface area contributed by atoms with E-state index in [1.165, 1.54) is 27.4 Å². The minimum absolute atomic E-state index is 0.0740. The van der Waals surface area contributed by atoms with E-state index in [-0.39, 0.29) is 29.5 Å². The van der Waals surface area contributed by atoms with Crippen LogP contribution in [0.2, 0.25) is 0 Å². The lowest BCUT2D eigenvalue weighted by Crippen LogP contribution is -2.58. The first-order valence-corrected chi connectivity index (χ1v) is 6.51. The summed E-state index contributed by atoms with van der Waals surface area (Å²) in [5.41, 5.74) is 0. The highest BCUT2D eigenvalue weighted by molar-refractivity contribution is 6.10. The molecule has 2 aliphatic rings. The molecule has 0 bridgehead atoms. The van der Waals surface area contributed by atoms with Crippen LogP contribution in [0.1, 0.15) is 6.42 Å². The number of methoxy groups -OCH3 is 4. The van der Waals surface area contributed by atoms with Crippen molar-refractivity contribution in [3.63, 3.8) is 0 Å². The van der Waals surface area contributed by atoms with Crippen LogP contribution in [0.3, 0.4) is 0 Å². The van der Waals surface area contributed by atoms with Crippen molar-refractivity contribution in [1.29, 1.82) is 0 Å². The van der Waals surface area contributed by atoms with Gasteiger partial charge in [0.2, 0.25) is 5.78 Å². The summed E-state index contributed by atoms with van der Waals surface area (Å²) in [4.78, 5) is 24.8. The Labute approximate surface area is 118 Å². The van der Waals surface area contributed by atoms with E-state index in [1.807, 2.05) is 0 Å². The van der Waals surface area contributed by atoms with Gasteiger partial charge in [-0.3, -0.25) is 9.59 Å². The van der Waals surface area contributed by atoms with Crippen LogP contribution in [0.25, 0.3) is 0 Å². The molecule has 0 aliphatic heterocycles. The number of carbonyl (C=O) groups excluding carboxylic acids is 2. The number of Topliss-reactive ketones (excluding diaryl/α,β-unsaturated/α-hetero) is 1. The summed E-state index contributed by atoms with van der Waals surface area (Å²) in [5.74, 6) is -1.48. The standard InChI is InChI=1S/C14H20O6/c1-17-8-6-10(19-3)14(20-4)12-11(8)7(15)5-9(18-2)13(12)16/h5,8,10-12,14H,6H2,1-4H3. The first-order chi connectivity index (χ1) is 9.58. The van der Waals surface area contributed by atoms with Gasteiger partial charge in [0.05, 0.1) is 37.3 Å². The lowest BCUT2D eigenvalue weighted by Gasteiger charge is -2.45. The van der Waals surface area contributed by atoms with E-state index in [0.717, 1.165) is 0 Å². The zero-order valence-corrected chi connectivity index (χ0v) is 12.1. The fourth-order valence-electron chi connectivity index (χ4n) is 3.24. The number of fused-ring (bicyclic) bond motifs is 1. The highest BCUT2D eigenvalue weighted by Crippen LogP contribution is 2.40. The average Bonchev–Trinajstić information content (AvgIpc) is 2.48. The minimum Gasteiger partial charge on any atom is -0.493 e. The van der Waals surface area contributed by atoms with E-state index >= 15 is 0 Å². The highest BCUT2D eigenvalue weighted by atomic mass is 16.5. The molecule has 2 aliphatic carbocycles. The molecule has 0 heterocycles.